The van der Waals surface area contributed by atoms with E-state index in [4.69, 9.17) is 28.8 Å². The number of oxazole rings is 1. The molecule has 0 aliphatic rings. The topological polar surface area (TPSA) is 77.8 Å². The van der Waals surface area contributed by atoms with Crippen LogP contribution in [0.15, 0.2) is 191 Å². The molecule has 0 aliphatic carbocycles. The van der Waals surface area contributed by atoms with E-state index in [1.165, 1.54) is 5.56 Å². The van der Waals surface area contributed by atoms with Gasteiger partial charge in [0.2, 0.25) is 5.89 Å². The first-order chi connectivity index (χ1) is 27.7. The normalized spacial score (nSPS) is 11.6. The van der Waals surface area contributed by atoms with Crippen molar-refractivity contribution < 1.29 is 8.83 Å². The molecule has 0 bridgehead atoms. The van der Waals surface area contributed by atoms with Crippen molar-refractivity contribution in [3.05, 3.63) is 182 Å². The summed E-state index contributed by atoms with van der Waals surface area (Å²) in [6, 6.07) is 61.9. The lowest BCUT2D eigenvalue weighted by atomic mass is 9.93. The van der Waals surface area contributed by atoms with Crippen LogP contribution in [0.2, 0.25) is 0 Å². The van der Waals surface area contributed by atoms with E-state index in [2.05, 4.69) is 91.0 Å². The highest BCUT2D eigenvalue weighted by Gasteiger charge is 2.20. The summed E-state index contributed by atoms with van der Waals surface area (Å²) in [5.41, 5.74) is 11.0. The fourth-order valence-electron chi connectivity index (χ4n) is 7.61. The van der Waals surface area contributed by atoms with Gasteiger partial charge in [-0.15, -0.1) is 0 Å². The number of aromatic nitrogens is 4. The molecule has 0 unspecified atom stereocenters. The molecule has 11 aromatic rings. The smallest absolute Gasteiger partial charge is 0.227 e. The molecule has 0 radical (unpaired) electrons. The van der Waals surface area contributed by atoms with Crippen LogP contribution in [0.3, 0.4) is 0 Å². The predicted molar refractivity (Wildman–Crippen MR) is 225 cm³/mol. The number of benzene rings is 8. The number of rotatable bonds is 6. The van der Waals surface area contributed by atoms with E-state index in [0.717, 1.165) is 77.2 Å². The van der Waals surface area contributed by atoms with Gasteiger partial charge < -0.3 is 8.83 Å². The number of fused-ring (bicyclic) bond motifs is 5. The Labute approximate surface area is 321 Å². The number of furan rings is 1. The molecule has 0 atom stereocenters. The summed E-state index contributed by atoms with van der Waals surface area (Å²) < 4.78 is 12.8. The lowest BCUT2D eigenvalue weighted by Gasteiger charge is -2.14. The van der Waals surface area contributed by atoms with Crippen LogP contribution in [0.25, 0.3) is 112 Å². The van der Waals surface area contributed by atoms with Crippen molar-refractivity contribution in [1.82, 2.24) is 19.9 Å². The fraction of sp³-hybridized carbons (Fsp3) is 0. The van der Waals surface area contributed by atoms with Crippen LogP contribution in [0.1, 0.15) is 0 Å². The van der Waals surface area contributed by atoms with Crippen molar-refractivity contribution in [1.29, 1.82) is 0 Å². The monoisotopic (exact) mass is 718 g/mol. The van der Waals surface area contributed by atoms with Crippen LogP contribution in [-0.4, -0.2) is 19.9 Å². The second-order valence-electron chi connectivity index (χ2n) is 13.8. The summed E-state index contributed by atoms with van der Waals surface area (Å²) in [5.74, 6) is 2.32. The van der Waals surface area contributed by atoms with Gasteiger partial charge in [0.05, 0.1) is 0 Å². The molecule has 3 heterocycles. The first-order valence-electron chi connectivity index (χ1n) is 18.5. The van der Waals surface area contributed by atoms with Crippen molar-refractivity contribution in [2.75, 3.05) is 0 Å². The molecule has 262 valence electrons. The summed E-state index contributed by atoms with van der Waals surface area (Å²) >= 11 is 0. The Morgan fingerprint density at radius 1 is 0.321 bits per heavy atom. The van der Waals surface area contributed by atoms with Crippen molar-refractivity contribution in [2.45, 2.75) is 0 Å². The number of hydrogen-bond donors (Lipinski definition) is 0. The third kappa shape index (κ3) is 5.51. The van der Waals surface area contributed by atoms with E-state index in [1.54, 1.807) is 0 Å². The lowest BCUT2D eigenvalue weighted by Crippen LogP contribution is -2.01. The van der Waals surface area contributed by atoms with Gasteiger partial charge in [0.15, 0.2) is 23.1 Å². The summed E-state index contributed by atoms with van der Waals surface area (Å²) in [6.07, 6.45) is 0. The van der Waals surface area contributed by atoms with Gasteiger partial charge in [-0.05, 0) is 63.9 Å². The molecule has 6 nitrogen and oxygen atoms in total. The highest BCUT2D eigenvalue weighted by molar-refractivity contribution is 6.09. The summed E-state index contributed by atoms with van der Waals surface area (Å²) in [7, 11) is 0. The lowest BCUT2D eigenvalue weighted by molar-refractivity contribution is 0.620. The van der Waals surface area contributed by atoms with Crippen LogP contribution in [-0.2, 0) is 0 Å². The molecule has 6 heteroatoms. The molecule has 8 aromatic carbocycles. The van der Waals surface area contributed by atoms with Gasteiger partial charge in [0.1, 0.15) is 16.7 Å². The minimum atomic E-state index is 0.557. The van der Waals surface area contributed by atoms with Gasteiger partial charge in [-0.3, -0.25) is 0 Å². The van der Waals surface area contributed by atoms with Crippen LogP contribution in [0, 0.1) is 0 Å². The van der Waals surface area contributed by atoms with E-state index >= 15 is 0 Å². The molecule has 0 N–H and O–H groups in total. The Kier molecular flexibility index (Phi) is 7.38. The molecular formula is C50H30N4O2. The molecule has 11 rings (SSSR count). The second kappa shape index (κ2) is 13.0. The van der Waals surface area contributed by atoms with Crippen molar-refractivity contribution in [3.63, 3.8) is 0 Å². The zero-order valence-electron chi connectivity index (χ0n) is 29.9. The number of hydrogen-bond acceptors (Lipinski definition) is 6. The van der Waals surface area contributed by atoms with Gasteiger partial charge in [0, 0.05) is 44.7 Å². The molecule has 0 amide bonds. The Hall–Kier alpha value is -7.70. The molecule has 0 aliphatic heterocycles. The minimum absolute atomic E-state index is 0.557. The molecule has 56 heavy (non-hydrogen) atoms. The Morgan fingerprint density at radius 2 is 0.911 bits per heavy atom. The Bertz CT molecular complexity index is 3230. The molecule has 0 saturated carbocycles. The highest BCUT2D eigenvalue weighted by atomic mass is 16.4. The van der Waals surface area contributed by atoms with Gasteiger partial charge in [-0.2, -0.15) is 0 Å². The molecule has 0 fully saturated rings. The molecule has 0 saturated heterocycles. The third-order valence-corrected chi connectivity index (χ3v) is 10.4. The minimum Gasteiger partial charge on any atom is -0.456 e. The molecule has 0 spiro atoms. The SMILES string of the molecule is c1ccc(-c2ccc(-c3nc4cc5oc6cc(-c7nc(-c8ccccc8)nc(-c8ccc9ccccc9c8-c8ccccc8)n7)ccc6c5cc4o3)cc2)cc1. The van der Waals surface area contributed by atoms with E-state index in [0.29, 0.717) is 28.9 Å². The van der Waals surface area contributed by atoms with E-state index in [1.807, 2.05) is 91.0 Å². The maximum atomic E-state index is 6.50. The van der Waals surface area contributed by atoms with E-state index in [-0.39, 0.29) is 0 Å². The number of nitrogens with zero attached hydrogens (tertiary/aromatic N) is 4. The average Bonchev–Trinajstić information content (AvgIpc) is 3.86. The Balaban J connectivity index is 1.01. The first kappa shape index (κ1) is 31.8. The average molecular weight is 719 g/mol. The largest absolute Gasteiger partial charge is 0.456 e. The van der Waals surface area contributed by atoms with Crippen molar-refractivity contribution >= 4 is 43.8 Å². The van der Waals surface area contributed by atoms with Crippen LogP contribution >= 0.6 is 0 Å². The zero-order valence-corrected chi connectivity index (χ0v) is 29.9. The Morgan fingerprint density at radius 3 is 1.68 bits per heavy atom. The summed E-state index contributed by atoms with van der Waals surface area (Å²) in [6.45, 7) is 0. The van der Waals surface area contributed by atoms with E-state index < -0.39 is 0 Å². The van der Waals surface area contributed by atoms with Crippen LogP contribution in [0.4, 0.5) is 0 Å². The second-order valence-corrected chi connectivity index (χ2v) is 13.8. The predicted octanol–water partition coefficient (Wildman–Crippen LogP) is 13.1. The highest BCUT2D eigenvalue weighted by Crippen LogP contribution is 2.39. The van der Waals surface area contributed by atoms with Gasteiger partial charge >= 0.3 is 0 Å². The summed E-state index contributed by atoms with van der Waals surface area (Å²) in [4.78, 5) is 20.1. The zero-order chi connectivity index (χ0) is 37.0. The van der Waals surface area contributed by atoms with Crippen LogP contribution < -0.4 is 0 Å². The summed E-state index contributed by atoms with van der Waals surface area (Å²) in [5, 5.41) is 4.20. The van der Waals surface area contributed by atoms with Gasteiger partial charge in [-0.1, -0.05) is 140 Å². The fourth-order valence-corrected chi connectivity index (χ4v) is 7.61. The standard InChI is InChI=1S/C50H30N4O2/c1-4-12-31(13-5-1)32-20-22-36(23-21-32)50-51-42-30-44-41(29-45(42)56-50)39-26-25-37(28-43(39)55-44)48-52-47(35-17-8-3-9-18-35)53-49(54-48)40-27-24-33-14-10-11-19-38(33)46(40)34-15-6-2-7-16-34/h1-30H. The molecular weight excluding hydrogens is 689 g/mol. The maximum Gasteiger partial charge on any atom is 0.227 e. The first-order valence-corrected chi connectivity index (χ1v) is 18.5. The van der Waals surface area contributed by atoms with Crippen molar-refractivity contribution in [3.8, 4) is 67.9 Å². The van der Waals surface area contributed by atoms with Crippen LogP contribution in [0.5, 0.6) is 0 Å². The van der Waals surface area contributed by atoms with Gasteiger partial charge in [-0.25, -0.2) is 19.9 Å². The quantitative estimate of drug-likeness (QED) is 0.170. The third-order valence-electron chi connectivity index (χ3n) is 10.4. The van der Waals surface area contributed by atoms with Gasteiger partial charge in [0.25, 0.3) is 0 Å². The maximum absolute atomic E-state index is 6.50. The van der Waals surface area contributed by atoms with Crippen molar-refractivity contribution in [2.24, 2.45) is 0 Å². The molecule has 3 aromatic heterocycles. The van der Waals surface area contributed by atoms with E-state index in [9.17, 15) is 0 Å².